The summed E-state index contributed by atoms with van der Waals surface area (Å²) in [5.74, 6) is 8.03. The first-order valence-corrected chi connectivity index (χ1v) is 22.0. The van der Waals surface area contributed by atoms with E-state index in [0.29, 0.717) is 36.3 Å². The Labute approximate surface area is 320 Å². The highest BCUT2D eigenvalue weighted by Gasteiger charge is 2.49. The summed E-state index contributed by atoms with van der Waals surface area (Å²) in [6.07, 6.45) is 20.8. The topological polar surface area (TPSA) is 48.4 Å². The van der Waals surface area contributed by atoms with E-state index in [2.05, 4.69) is 87.5 Å². The number of piperidine rings is 6. The van der Waals surface area contributed by atoms with Crippen LogP contribution in [0.15, 0.2) is 72.8 Å². The van der Waals surface area contributed by atoms with Crippen LogP contribution in [0, 0.1) is 35.5 Å². The molecule has 12 aliphatic rings. The van der Waals surface area contributed by atoms with Crippen LogP contribution in [-0.4, -0.2) is 51.2 Å². The van der Waals surface area contributed by atoms with Crippen LogP contribution >= 0.6 is 0 Å². The van der Waals surface area contributed by atoms with E-state index in [-0.39, 0.29) is 0 Å². The van der Waals surface area contributed by atoms with Gasteiger partial charge in [-0.05, 0) is 168 Å². The maximum absolute atomic E-state index is 5.36. The normalized spacial score (nSPS) is 37.9. The summed E-state index contributed by atoms with van der Waals surface area (Å²) < 4.78 is 0. The summed E-state index contributed by atoms with van der Waals surface area (Å²) in [6, 6.07) is 31.8. The zero-order chi connectivity index (χ0) is 35.1. The van der Waals surface area contributed by atoms with E-state index in [9.17, 15) is 0 Å². The van der Waals surface area contributed by atoms with Gasteiger partial charge < -0.3 is 14.7 Å². The van der Waals surface area contributed by atoms with E-state index >= 15 is 0 Å². The van der Waals surface area contributed by atoms with Crippen LogP contribution in [-0.2, 0) is 0 Å². The lowest BCUT2D eigenvalue weighted by atomic mass is 9.63. The molecule has 4 aromatic rings. The molecule has 0 radical (unpaired) electrons. The fourth-order valence-corrected chi connectivity index (χ4v) is 15.0. The van der Waals surface area contributed by atoms with Crippen LogP contribution < -0.4 is 14.7 Å². The van der Waals surface area contributed by atoms with E-state index < -0.39 is 0 Å². The molecule has 6 aliphatic carbocycles. The molecule has 6 saturated heterocycles. The predicted octanol–water partition coefficient (Wildman–Crippen LogP) is 10.2. The Morgan fingerprint density at radius 1 is 0.315 bits per heavy atom. The fourth-order valence-electron chi connectivity index (χ4n) is 15.0. The van der Waals surface area contributed by atoms with Crippen LogP contribution in [0.5, 0.6) is 0 Å². The van der Waals surface area contributed by atoms with Crippen LogP contribution in [0.4, 0.5) is 17.1 Å². The molecule has 6 saturated carbocycles. The summed E-state index contributed by atoms with van der Waals surface area (Å²) in [7, 11) is 0. The lowest BCUT2D eigenvalue weighted by Gasteiger charge is -2.57. The van der Waals surface area contributed by atoms with Gasteiger partial charge in [0.05, 0.1) is 0 Å². The van der Waals surface area contributed by atoms with Crippen molar-refractivity contribution >= 4 is 17.1 Å². The molecule has 1 aromatic heterocycles. The van der Waals surface area contributed by atoms with Crippen molar-refractivity contribution in [3.63, 3.8) is 0 Å². The summed E-state index contributed by atoms with van der Waals surface area (Å²) in [5, 5.41) is 0. The highest BCUT2D eigenvalue weighted by molar-refractivity contribution is 5.73. The summed E-state index contributed by atoms with van der Waals surface area (Å²) in [4.78, 5) is 24.5. The van der Waals surface area contributed by atoms with E-state index in [1.165, 1.54) is 113 Å². The second kappa shape index (κ2) is 11.8. The first-order chi connectivity index (χ1) is 26.6. The summed E-state index contributed by atoms with van der Waals surface area (Å²) in [6.45, 7) is 0. The van der Waals surface area contributed by atoms with Gasteiger partial charge in [-0.3, -0.25) is 0 Å². The second-order valence-electron chi connectivity index (χ2n) is 19.8. The first-order valence-electron chi connectivity index (χ1n) is 22.0. The fraction of sp³-hybridized carbons (Fsp3) is 0.562. The van der Waals surface area contributed by atoms with Crippen LogP contribution in [0.2, 0.25) is 0 Å². The van der Waals surface area contributed by atoms with Crippen molar-refractivity contribution in [2.24, 2.45) is 35.5 Å². The average Bonchev–Trinajstić information content (AvgIpc) is 3.17. The molecule has 0 N–H and O–H groups in total. The number of benzene rings is 3. The quantitative estimate of drug-likeness (QED) is 0.198. The number of aromatic nitrogens is 3. The first kappa shape index (κ1) is 31.3. The van der Waals surface area contributed by atoms with E-state index in [1.807, 2.05) is 0 Å². The number of rotatable bonds is 6. The van der Waals surface area contributed by atoms with Gasteiger partial charge in [0, 0.05) is 70.0 Å². The molecule has 0 unspecified atom stereocenters. The molecule has 54 heavy (non-hydrogen) atoms. The molecule has 276 valence electrons. The van der Waals surface area contributed by atoms with Crippen molar-refractivity contribution < 1.29 is 0 Å². The van der Waals surface area contributed by atoms with E-state index in [0.717, 1.165) is 69.7 Å². The Morgan fingerprint density at radius 3 is 0.796 bits per heavy atom. The molecule has 0 atom stereocenters. The van der Waals surface area contributed by atoms with Crippen molar-refractivity contribution in [1.29, 1.82) is 0 Å². The Kier molecular flexibility index (Phi) is 6.83. The summed E-state index contributed by atoms with van der Waals surface area (Å²) >= 11 is 0. The molecule has 6 heteroatoms. The predicted molar refractivity (Wildman–Crippen MR) is 216 cm³/mol. The number of nitrogens with zero attached hydrogens (tertiary/aromatic N) is 6. The third kappa shape index (κ3) is 4.99. The third-order valence-corrected chi connectivity index (χ3v) is 16.5. The number of hydrogen-bond acceptors (Lipinski definition) is 6. The lowest BCUT2D eigenvalue weighted by molar-refractivity contribution is 0.0899. The van der Waals surface area contributed by atoms with E-state index in [1.54, 1.807) is 0 Å². The molecule has 12 bridgehead atoms. The third-order valence-electron chi connectivity index (χ3n) is 16.5. The monoisotopic (exact) mass is 714 g/mol. The molecule has 7 heterocycles. The standard InChI is InChI=1S/C48H54N6/c1-4-34(25-37(7-1)52-40-13-28-10-29(15-40)16-41(52)14-28)46-49-47(35-5-2-8-38(26-35)53-42-17-30-11-31(19-42)20-43(53)18-30)51-48(50-46)36-6-3-9-39(27-36)54-44-21-32-12-33(23-44)24-45(54)22-32/h1-9,25-33,40-45H,10-24H2. The minimum Gasteiger partial charge on any atom is -0.366 e. The van der Waals surface area contributed by atoms with Gasteiger partial charge in [-0.15, -0.1) is 0 Å². The molecule has 6 aliphatic heterocycles. The smallest absolute Gasteiger partial charge is 0.164 e. The molecule has 0 amide bonds. The van der Waals surface area contributed by atoms with Gasteiger partial charge in [-0.25, -0.2) is 15.0 Å². The van der Waals surface area contributed by atoms with Gasteiger partial charge in [0.1, 0.15) is 0 Å². The summed E-state index contributed by atoms with van der Waals surface area (Å²) in [5.41, 5.74) is 7.39. The maximum atomic E-state index is 5.36. The highest BCUT2D eigenvalue weighted by Crippen LogP contribution is 2.53. The Morgan fingerprint density at radius 2 is 0.556 bits per heavy atom. The molecule has 6 nitrogen and oxygen atoms in total. The molecule has 16 rings (SSSR count). The van der Waals surface area contributed by atoms with Crippen molar-refractivity contribution in [3.8, 4) is 34.2 Å². The highest BCUT2D eigenvalue weighted by atomic mass is 15.2. The Balaban J connectivity index is 0.899. The van der Waals surface area contributed by atoms with Gasteiger partial charge in [0.25, 0.3) is 0 Å². The van der Waals surface area contributed by atoms with Crippen molar-refractivity contribution in [1.82, 2.24) is 15.0 Å². The minimum absolute atomic E-state index is 0.687. The SMILES string of the molecule is c1cc(-c2nc(-c3cccc(N4C5CC6CC(C5)CC4C6)c3)nc(-c3cccc(N4C5CC6CC(C5)CC4C6)c3)n2)cc(N2C3CC4CC(C3)CC2C4)c1. The Bertz CT molecular complexity index is 1790. The van der Waals surface area contributed by atoms with Crippen molar-refractivity contribution in [2.75, 3.05) is 14.7 Å². The number of anilines is 3. The molecular formula is C48H54N6. The van der Waals surface area contributed by atoms with Gasteiger partial charge in [-0.2, -0.15) is 0 Å². The molecular weight excluding hydrogens is 661 g/mol. The zero-order valence-corrected chi connectivity index (χ0v) is 31.6. The molecule has 0 spiro atoms. The van der Waals surface area contributed by atoms with Gasteiger partial charge >= 0.3 is 0 Å². The van der Waals surface area contributed by atoms with Crippen molar-refractivity contribution in [2.45, 2.75) is 133 Å². The van der Waals surface area contributed by atoms with Gasteiger partial charge in [0.2, 0.25) is 0 Å². The van der Waals surface area contributed by atoms with Gasteiger partial charge in [-0.1, -0.05) is 36.4 Å². The van der Waals surface area contributed by atoms with Crippen LogP contribution in [0.3, 0.4) is 0 Å². The zero-order valence-electron chi connectivity index (χ0n) is 31.6. The van der Waals surface area contributed by atoms with Crippen LogP contribution in [0.1, 0.15) is 96.3 Å². The van der Waals surface area contributed by atoms with E-state index in [4.69, 9.17) is 15.0 Å². The van der Waals surface area contributed by atoms with Gasteiger partial charge in [0.15, 0.2) is 17.5 Å². The molecule has 3 aromatic carbocycles. The minimum atomic E-state index is 0.687. The number of hydrogen-bond donors (Lipinski definition) is 0. The lowest BCUT2D eigenvalue weighted by Crippen LogP contribution is -2.58. The largest absolute Gasteiger partial charge is 0.366 e. The average molecular weight is 715 g/mol. The second-order valence-corrected chi connectivity index (χ2v) is 19.8. The van der Waals surface area contributed by atoms with Crippen LogP contribution in [0.25, 0.3) is 34.2 Å². The Hall–Kier alpha value is -3.93. The van der Waals surface area contributed by atoms with Crippen molar-refractivity contribution in [3.05, 3.63) is 72.8 Å². The maximum Gasteiger partial charge on any atom is 0.164 e. The molecule has 12 fully saturated rings.